The van der Waals surface area contributed by atoms with Crippen LogP contribution in [0, 0.1) is 5.92 Å². The van der Waals surface area contributed by atoms with Crippen molar-refractivity contribution >= 4 is 10.2 Å². The van der Waals surface area contributed by atoms with Crippen LogP contribution in [-0.4, -0.2) is 45.4 Å². The Balaban J connectivity index is 1.53. The Kier molecular flexibility index (Phi) is 6.92. The molecular formula is C15H31N3O2S. The van der Waals surface area contributed by atoms with Gasteiger partial charge in [0.1, 0.15) is 0 Å². The topological polar surface area (TPSA) is 61.4 Å². The zero-order valence-corrected chi connectivity index (χ0v) is 14.1. The van der Waals surface area contributed by atoms with Crippen LogP contribution in [0.5, 0.6) is 0 Å². The van der Waals surface area contributed by atoms with Crippen LogP contribution in [0.3, 0.4) is 0 Å². The predicted octanol–water partition coefficient (Wildman–Crippen LogP) is 1.87. The molecule has 0 aromatic heterocycles. The Hall–Kier alpha value is -0.170. The molecule has 0 unspecified atom stereocenters. The lowest BCUT2D eigenvalue weighted by molar-refractivity contribution is 0.437. The largest absolute Gasteiger partial charge is 0.314 e. The molecule has 0 spiro atoms. The molecule has 6 heteroatoms. The van der Waals surface area contributed by atoms with E-state index in [-0.39, 0.29) is 0 Å². The van der Waals surface area contributed by atoms with Gasteiger partial charge in [0.15, 0.2) is 0 Å². The van der Waals surface area contributed by atoms with Gasteiger partial charge in [-0.15, -0.1) is 0 Å². The SMILES string of the molecule is CN(CCCNC1CC1)S(=O)(=O)NCCCC1CCCC1. The molecule has 2 aliphatic rings. The maximum atomic E-state index is 12.1. The minimum atomic E-state index is -3.29. The molecule has 0 aromatic carbocycles. The molecular weight excluding hydrogens is 286 g/mol. The average Bonchev–Trinajstić information content (AvgIpc) is 3.13. The van der Waals surface area contributed by atoms with E-state index >= 15 is 0 Å². The molecule has 0 radical (unpaired) electrons. The lowest BCUT2D eigenvalue weighted by Gasteiger charge is -2.18. The molecule has 0 amide bonds. The quantitative estimate of drug-likeness (QED) is 0.572. The molecule has 0 aliphatic heterocycles. The van der Waals surface area contributed by atoms with Gasteiger partial charge in [0, 0.05) is 26.2 Å². The number of nitrogens with one attached hydrogen (secondary N) is 2. The lowest BCUT2D eigenvalue weighted by Crippen LogP contribution is -2.39. The summed E-state index contributed by atoms with van der Waals surface area (Å²) in [6.45, 7) is 2.06. The van der Waals surface area contributed by atoms with Crippen molar-refractivity contribution in [3.05, 3.63) is 0 Å². The Morgan fingerprint density at radius 2 is 1.76 bits per heavy atom. The van der Waals surface area contributed by atoms with E-state index in [1.807, 2.05) is 0 Å². The van der Waals surface area contributed by atoms with Crippen molar-refractivity contribution < 1.29 is 8.42 Å². The fourth-order valence-corrected chi connectivity index (χ4v) is 4.01. The molecule has 21 heavy (non-hydrogen) atoms. The number of nitrogens with zero attached hydrogens (tertiary/aromatic N) is 1. The van der Waals surface area contributed by atoms with Crippen molar-refractivity contribution in [1.29, 1.82) is 0 Å². The highest BCUT2D eigenvalue weighted by Crippen LogP contribution is 2.28. The molecule has 2 fully saturated rings. The van der Waals surface area contributed by atoms with Gasteiger partial charge in [0.25, 0.3) is 10.2 Å². The fraction of sp³-hybridized carbons (Fsp3) is 1.00. The first kappa shape index (κ1) is 17.2. The van der Waals surface area contributed by atoms with E-state index in [2.05, 4.69) is 10.0 Å². The smallest absolute Gasteiger partial charge is 0.279 e. The first-order valence-electron chi connectivity index (χ1n) is 8.52. The van der Waals surface area contributed by atoms with Crippen LogP contribution < -0.4 is 10.0 Å². The molecule has 2 rings (SSSR count). The van der Waals surface area contributed by atoms with E-state index in [9.17, 15) is 8.42 Å². The molecule has 2 saturated carbocycles. The van der Waals surface area contributed by atoms with Crippen LogP contribution in [0.2, 0.25) is 0 Å². The number of hydrogen-bond acceptors (Lipinski definition) is 3. The standard InChI is InChI=1S/C15H31N3O2S/c1-18(13-5-11-16-15-9-10-15)21(19,20)17-12-4-8-14-6-2-3-7-14/h14-17H,2-13H2,1H3. The minimum absolute atomic E-state index is 0.573. The monoisotopic (exact) mass is 317 g/mol. The van der Waals surface area contributed by atoms with Gasteiger partial charge in [-0.3, -0.25) is 0 Å². The Morgan fingerprint density at radius 3 is 2.43 bits per heavy atom. The van der Waals surface area contributed by atoms with E-state index in [4.69, 9.17) is 0 Å². The highest BCUT2D eigenvalue weighted by molar-refractivity contribution is 7.87. The van der Waals surface area contributed by atoms with Crippen molar-refractivity contribution in [2.45, 2.75) is 63.8 Å². The van der Waals surface area contributed by atoms with Crippen LogP contribution in [0.15, 0.2) is 0 Å². The molecule has 0 atom stereocenters. The summed E-state index contributed by atoms with van der Waals surface area (Å²) >= 11 is 0. The van der Waals surface area contributed by atoms with E-state index in [1.54, 1.807) is 7.05 Å². The average molecular weight is 317 g/mol. The Labute approximate surface area is 130 Å². The number of rotatable bonds is 11. The minimum Gasteiger partial charge on any atom is -0.314 e. The van der Waals surface area contributed by atoms with E-state index in [0.29, 0.717) is 19.1 Å². The molecule has 0 aromatic rings. The Morgan fingerprint density at radius 1 is 1.05 bits per heavy atom. The third-order valence-corrected chi connectivity index (χ3v) is 6.19. The van der Waals surface area contributed by atoms with Gasteiger partial charge in [-0.05, 0) is 44.6 Å². The number of hydrogen-bond donors (Lipinski definition) is 2. The first-order valence-corrected chi connectivity index (χ1v) is 9.96. The first-order chi connectivity index (χ1) is 10.1. The summed E-state index contributed by atoms with van der Waals surface area (Å²) in [7, 11) is -1.62. The molecule has 0 heterocycles. The molecule has 124 valence electrons. The molecule has 5 nitrogen and oxygen atoms in total. The predicted molar refractivity (Wildman–Crippen MR) is 86.4 cm³/mol. The second-order valence-electron chi connectivity index (χ2n) is 6.60. The summed E-state index contributed by atoms with van der Waals surface area (Å²) in [5, 5.41) is 3.41. The summed E-state index contributed by atoms with van der Waals surface area (Å²) in [6.07, 6.45) is 10.9. The zero-order valence-electron chi connectivity index (χ0n) is 13.3. The van der Waals surface area contributed by atoms with E-state index in [0.717, 1.165) is 31.7 Å². The Bertz CT molecular complexity index is 390. The third-order valence-electron chi connectivity index (χ3n) is 4.62. The molecule has 2 N–H and O–H groups in total. The van der Waals surface area contributed by atoms with Crippen LogP contribution >= 0.6 is 0 Å². The van der Waals surface area contributed by atoms with Gasteiger partial charge in [0.05, 0.1) is 0 Å². The van der Waals surface area contributed by atoms with Crippen LogP contribution in [0.25, 0.3) is 0 Å². The van der Waals surface area contributed by atoms with Crippen molar-refractivity contribution in [3.8, 4) is 0 Å². The van der Waals surface area contributed by atoms with Gasteiger partial charge in [-0.1, -0.05) is 25.7 Å². The van der Waals surface area contributed by atoms with Crippen LogP contribution in [-0.2, 0) is 10.2 Å². The normalized spacial score (nSPS) is 20.5. The highest BCUT2D eigenvalue weighted by atomic mass is 32.2. The zero-order chi connectivity index (χ0) is 15.1. The van der Waals surface area contributed by atoms with Gasteiger partial charge in [-0.2, -0.15) is 12.7 Å². The second-order valence-corrected chi connectivity index (χ2v) is 8.46. The van der Waals surface area contributed by atoms with E-state index < -0.39 is 10.2 Å². The molecule has 2 aliphatic carbocycles. The summed E-state index contributed by atoms with van der Waals surface area (Å²) in [6, 6.07) is 0.695. The van der Waals surface area contributed by atoms with Crippen LogP contribution in [0.1, 0.15) is 57.8 Å². The summed E-state index contributed by atoms with van der Waals surface area (Å²) in [4.78, 5) is 0. The van der Waals surface area contributed by atoms with Crippen molar-refractivity contribution in [3.63, 3.8) is 0 Å². The van der Waals surface area contributed by atoms with Crippen molar-refractivity contribution in [2.24, 2.45) is 5.92 Å². The molecule has 0 bridgehead atoms. The van der Waals surface area contributed by atoms with Crippen molar-refractivity contribution in [2.75, 3.05) is 26.7 Å². The maximum absolute atomic E-state index is 12.1. The third kappa shape index (κ3) is 6.63. The summed E-state index contributed by atoms with van der Waals surface area (Å²) < 4.78 is 28.3. The van der Waals surface area contributed by atoms with E-state index in [1.165, 1.54) is 42.8 Å². The second kappa shape index (κ2) is 8.46. The molecule has 0 saturated heterocycles. The van der Waals surface area contributed by atoms with Gasteiger partial charge in [0.2, 0.25) is 0 Å². The fourth-order valence-electron chi connectivity index (χ4n) is 3.02. The maximum Gasteiger partial charge on any atom is 0.279 e. The van der Waals surface area contributed by atoms with Gasteiger partial charge >= 0.3 is 0 Å². The van der Waals surface area contributed by atoms with Crippen molar-refractivity contribution in [1.82, 2.24) is 14.3 Å². The van der Waals surface area contributed by atoms with Crippen LogP contribution in [0.4, 0.5) is 0 Å². The lowest BCUT2D eigenvalue weighted by atomic mass is 10.0. The summed E-state index contributed by atoms with van der Waals surface area (Å²) in [5.41, 5.74) is 0. The highest BCUT2D eigenvalue weighted by Gasteiger charge is 2.21. The van der Waals surface area contributed by atoms with Gasteiger partial charge < -0.3 is 5.32 Å². The van der Waals surface area contributed by atoms with Gasteiger partial charge in [-0.25, -0.2) is 4.72 Å². The summed E-state index contributed by atoms with van der Waals surface area (Å²) in [5.74, 6) is 0.834.